The average molecular weight is 368 g/mol. The molecule has 27 heavy (non-hydrogen) atoms. The van der Waals surface area contributed by atoms with Crippen LogP contribution in [0.1, 0.15) is 45.6 Å². The first-order chi connectivity index (χ1) is 12.9. The van der Waals surface area contributed by atoms with Crippen molar-refractivity contribution in [3.8, 4) is 5.75 Å². The van der Waals surface area contributed by atoms with Gasteiger partial charge in [-0.05, 0) is 51.8 Å². The van der Waals surface area contributed by atoms with Gasteiger partial charge in [-0.1, -0.05) is 17.3 Å². The van der Waals surface area contributed by atoms with Gasteiger partial charge in [0, 0.05) is 6.54 Å². The van der Waals surface area contributed by atoms with Gasteiger partial charge in [0.1, 0.15) is 18.1 Å². The van der Waals surface area contributed by atoms with Gasteiger partial charge < -0.3 is 14.6 Å². The molecule has 1 aromatic carbocycles. The molecule has 0 radical (unpaired) electrons. The van der Waals surface area contributed by atoms with Crippen LogP contribution >= 0.6 is 0 Å². The molecule has 1 amide bonds. The summed E-state index contributed by atoms with van der Waals surface area (Å²) in [5.74, 6) is 0.999. The van der Waals surface area contributed by atoms with Gasteiger partial charge in [-0.3, -0.25) is 9.48 Å². The van der Waals surface area contributed by atoms with Crippen LogP contribution in [0.15, 0.2) is 28.9 Å². The van der Waals surface area contributed by atoms with Gasteiger partial charge in [0.25, 0.3) is 5.91 Å². The second-order valence-corrected chi connectivity index (χ2v) is 6.54. The van der Waals surface area contributed by atoms with Crippen molar-refractivity contribution in [2.24, 2.45) is 0 Å². The van der Waals surface area contributed by atoms with Crippen LogP contribution in [0.5, 0.6) is 5.75 Å². The zero-order valence-electron chi connectivity index (χ0n) is 16.3. The third kappa shape index (κ3) is 3.86. The van der Waals surface area contributed by atoms with E-state index in [1.54, 1.807) is 13.1 Å². The summed E-state index contributed by atoms with van der Waals surface area (Å²) in [7, 11) is 0. The van der Waals surface area contributed by atoms with Gasteiger partial charge in [-0.2, -0.15) is 5.10 Å². The van der Waals surface area contributed by atoms with E-state index in [1.165, 1.54) is 0 Å². The van der Waals surface area contributed by atoms with E-state index < -0.39 is 0 Å². The summed E-state index contributed by atoms with van der Waals surface area (Å²) < 4.78 is 13.0. The number of carbonyl (C=O) groups is 1. The van der Waals surface area contributed by atoms with E-state index in [9.17, 15) is 4.79 Å². The molecule has 142 valence electrons. The van der Waals surface area contributed by atoms with E-state index in [0.717, 1.165) is 29.1 Å². The molecule has 2 heterocycles. The number of aryl methyl sites for hydroxylation is 4. The molecule has 0 aliphatic rings. The van der Waals surface area contributed by atoms with Gasteiger partial charge in [-0.15, -0.1) is 0 Å². The Bertz CT molecular complexity index is 972. The van der Waals surface area contributed by atoms with Crippen molar-refractivity contribution < 1.29 is 14.1 Å². The number of aromatic nitrogens is 3. The molecule has 3 rings (SSSR count). The Kier molecular flexibility index (Phi) is 5.30. The molecule has 0 unspecified atom stereocenters. The summed E-state index contributed by atoms with van der Waals surface area (Å²) in [5, 5.41) is 11.0. The van der Waals surface area contributed by atoms with E-state index in [-0.39, 0.29) is 18.2 Å². The van der Waals surface area contributed by atoms with Crippen LogP contribution < -0.4 is 10.1 Å². The highest BCUT2D eigenvalue weighted by atomic mass is 16.5. The van der Waals surface area contributed by atoms with Gasteiger partial charge >= 0.3 is 0 Å². The van der Waals surface area contributed by atoms with Crippen molar-refractivity contribution in [3.05, 3.63) is 58.2 Å². The molecule has 0 saturated carbocycles. The van der Waals surface area contributed by atoms with Crippen molar-refractivity contribution in [1.82, 2.24) is 14.9 Å². The molecular formula is C20H24N4O3. The summed E-state index contributed by atoms with van der Waals surface area (Å²) in [6.45, 7) is 10.6. The first kappa shape index (κ1) is 18.7. The molecule has 0 aliphatic carbocycles. The number of rotatable bonds is 6. The second-order valence-electron chi connectivity index (χ2n) is 6.54. The molecule has 0 fully saturated rings. The highest BCUT2D eigenvalue weighted by Crippen LogP contribution is 2.23. The van der Waals surface area contributed by atoms with Gasteiger partial charge in [-0.25, -0.2) is 0 Å². The lowest BCUT2D eigenvalue weighted by atomic mass is 10.1. The molecule has 0 aliphatic heterocycles. The monoisotopic (exact) mass is 368 g/mol. The summed E-state index contributed by atoms with van der Waals surface area (Å²) in [4.78, 5) is 12.7. The van der Waals surface area contributed by atoms with Crippen molar-refractivity contribution in [2.75, 3.05) is 5.32 Å². The number of carbonyl (C=O) groups excluding carboxylic acids is 1. The van der Waals surface area contributed by atoms with Crippen molar-refractivity contribution in [1.29, 1.82) is 0 Å². The van der Waals surface area contributed by atoms with E-state index in [1.807, 2.05) is 50.6 Å². The minimum absolute atomic E-state index is 0.204. The predicted molar refractivity (Wildman–Crippen MR) is 102 cm³/mol. The summed E-state index contributed by atoms with van der Waals surface area (Å²) >= 11 is 0. The number of hydrogen-bond acceptors (Lipinski definition) is 5. The Hall–Kier alpha value is -3.09. The van der Waals surface area contributed by atoms with Crippen LogP contribution in [-0.2, 0) is 13.2 Å². The van der Waals surface area contributed by atoms with Crippen LogP contribution in [0.25, 0.3) is 0 Å². The number of hydrogen-bond donors (Lipinski definition) is 1. The molecule has 2 aromatic heterocycles. The fourth-order valence-corrected chi connectivity index (χ4v) is 2.82. The maximum atomic E-state index is 12.7. The summed E-state index contributed by atoms with van der Waals surface area (Å²) in [5.41, 5.74) is 4.54. The van der Waals surface area contributed by atoms with E-state index in [4.69, 9.17) is 9.26 Å². The SMILES string of the molecule is CCn1ncc(NC(=O)c2noc(C)c2COc2cc(C)ccc2C)c1C. The van der Waals surface area contributed by atoms with Gasteiger partial charge in [0.2, 0.25) is 0 Å². The Balaban J connectivity index is 1.78. The smallest absolute Gasteiger partial charge is 0.278 e. The molecule has 0 spiro atoms. The standard InChI is InChI=1S/C20H24N4O3/c1-6-24-14(4)17(10-21-24)22-20(25)19-16(15(5)27-23-19)11-26-18-9-12(2)7-8-13(18)3/h7-10H,6,11H2,1-5H3,(H,22,25). The van der Waals surface area contributed by atoms with Crippen LogP contribution in [0.4, 0.5) is 5.69 Å². The fourth-order valence-electron chi connectivity index (χ4n) is 2.82. The summed E-state index contributed by atoms with van der Waals surface area (Å²) in [6.07, 6.45) is 1.63. The molecular weight excluding hydrogens is 344 g/mol. The maximum Gasteiger partial charge on any atom is 0.278 e. The van der Waals surface area contributed by atoms with Crippen molar-refractivity contribution in [3.63, 3.8) is 0 Å². The molecule has 0 atom stereocenters. The topological polar surface area (TPSA) is 82.2 Å². The van der Waals surface area contributed by atoms with Gasteiger partial charge in [0.05, 0.1) is 23.1 Å². The minimum Gasteiger partial charge on any atom is -0.488 e. The quantitative estimate of drug-likeness (QED) is 0.712. The normalized spacial score (nSPS) is 10.9. The number of anilines is 1. The number of nitrogens with zero attached hydrogens (tertiary/aromatic N) is 3. The first-order valence-corrected chi connectivity index (χ1v) is 8.89. The van der Waals surface area contributed by atoms with Crippen LogP contribution in [0.3, 0.4) is 0 Å². The molecule has 7 heteroatoms. The number of nitrogens with one attached hydrogen (secondary N) is 1. The van der Waals surface area contributed by atoms with E-state index in [2.05, 4.69) is 15.6 Å². The van der Waals surface area contributed by atoms with Crippen molar-refractivity contribution >= 4 is 11.6 Å². The zero-order chi connectivity index (χ0) is 19.6. The van der Waals surface area contributed by atoms with E-state index in [0.29, 0.717) is 17.0 Å². The van der Waals surface area contributed by atoms with Crippen LogP contribution in [-0.4, -0.2) is 20.8 Å². The largest absolute Gasteiger partial charge is 0.488 e. The lowest BCUT2D eigenvalue weighted by Gasteiger charge is -2.10. The van der Waals surface area contributed by atoms with Gasteiger partial charge in [0.15, 0.2) is 5.69 Å². The lowest BCUT2D eigenvalue weighted by Crippen LogP contribution is -2.16. The Morgan fingerprint density at radius 3 is 2.74 bits per heavy atom. The number of amides is 1. The minimum atomic E-state index is -0.342. The molecule has 7 nitrogen and oxygen atoms in total. The highest BCUT2D eigenvalue weighted by Gasteiger charge is 2.22. The molecule has 0 saturated heterocycles. The Morgan fingerprint density at radius 2 is 2.04 bits per heavy atom. The predicted octanol–water partition coefficient (Wildman–Crippen LogP) is 3.96. The van der Waals surface area contributed by atoms with Crippen molar-refractivity contribution in [2.45, 2.75) is 47.8 Å². The number of benzene rings is 1. The highest BCUT2D eigenvalue weighted by molar-refractivity contribution is 6.04. The van der Waals surface area contributed by atoms with E-state index >= 15 is 0 Å². The molecule has 3 aromatic rings. The third-order valence-electron chi connectivity index (χ3n) is 4.57. The lowest BCUT2D eigenvalue weighted by molar-refractivity contribution is 0.101. The average Bonchev–Trinajstić information content (AvgIpc) is 3.18. The molecule has 1 N–H and O–H groups in total. The van der Waals surface area contributed by atoms with Crippen LogP contribution in [0, 0.1) is 27.7 Å². The van der Waals surface area contributed by atoms with Crippen LogP contribution in [0.2, 0.25) is 0 Å². The molecule has 0 bridgehead atoms. The Morgan fingerprint density at radius 1 is 1.26 bits per heavy atom. The Labute approximate surface area is 158 Å². The fraction of sp³-hybridized carbons (Fsp3) is 0.350. The summed E-state index contributed by atoms with van der Waals surface area (Å²) in [6, 6.07) is 6.01. The first-order valence-electron chi connectivity index (χ1n) is 8.89. The maximum absolute atomic E-state index is 12.7. The third-order valence-corrected chi connectivity index (χ3v) is 4.57. The number of ether oxygens (including phenoxy) is 1. The zero-order valence-corrected chi connectivity index (χ0v) is 16.3. The second kappa shape index (κ2) is 7.65.